The van der Waals surface area contributed by atoms with Crippen LogP contribution in [0.3, 0.4) is 0 Å². The highest BCUT2D eigenvalue weighted by molar-refractivity contribution is 5.86. The lowest BCUT2D eigenvalue weighted by Crippen LogP contribution is -2.35. The summed E-state index contributed by atoms with van der Waals surface area (Å²) in [6.45, 7) is 2.63. The monoisotopic (exact) mass is 385 g/mol. The average molecular weight is 385 g/mol. The van der Waals surface area contributed by atoms with E-state index in [0.29, 0.717) is 12.1 Å². The van der Waals surface area contributed by atoms with Crippen LogP contribution >= 0.6 is 0 Å². The molecule has 3 aromatic rings. The van der Waals surface area contributed by atoms with E-state index in [4.69, 9.17) is 9.47 Å². The Kier molecular flexibility index (Phi) is 5.62. The summed E-state index contributed by atoms with van der Waals surface area (Å²) in [5.74, 6) is 0.755. The van der Waals surface area contributed by atoms with E-state index in [1.807, 2.05) is 24.3 Å². The van der Waals surface area contributed by atoms with Crippen LogP contribution in [0.15, 0.2) is 35.3 Å². The molecule has 2 heterocycles. The molecular weight excluding hydrogens is 362 g/mol. The Morgan fingerprint density at radius 2 is 1.82 bits per heavy atom. The minimum Gasteiger partial charge on any atom is -0.490 e. The van der Waals surface area contributed by atoms with Gasteiger partial charge in [0, 0.05) is 21.1 Å². The van der Waals surface area contributed by atoms with Gasteiger partial charge in [-0.25, -0.2) is 14.6 Å². The predicted molar refractivity (Wildman–Crippen MR) is 104 cm³/mol. The molecule has 0 bridgehead atoms. The zero-order valence-corrected chi connectivity index (χ0v) is 16.4. The quantitative estimate of drug-likeness (QED) is 0.600. The van der Waals surface area contributed by atoms with E-state index in [1.165, 1.54) is 21.2 Å². The Balaban J connectivity index is 1.70. The number of carbonyl (C=O) groups is 1. The largest absolute Gasteiger partial charge is 0.490 e. The van der Waals surface area contributed by atoms with Crippen molar-refractivity contribution < 1.29 is 14.3 Å². The van der Waals surface area contributed by atoms with Crippen LogP contribution in [0, 0.1) is 0 Å². The van der Waals surface area contributed by atoms with Crippen LogP contribution in [0.1, 0.15) is 12.5 Å². The molecule has 0 saturated heterocycles. The molecule has 28 heavy (non-hydrogen) atoms. The Hall–Kier alpha value is -3.36. The van der Waals surface area contributed by atoms with Crippen molar-refractivity contribution in [3.63, 3.8) is 0 Å². The van der Waals surface area contributed by atoms with Gasteiger partial charge in [0.25, 0.3) is 0 Å². The average Bonchev–Trinajstić information content (AvgIpc) is 2.95. The van der Waals surface area contributed by atoms with Gasteiger partial charge in [-0.15, -0.1) is 0 Å². The zero-order valence-electron chi connectivity index (χ0n) is 16.4. The third-order valence-electron chi connectivity index (χ3n) is 4.27. The van der Waals surface area contributed by atoms with E-state index in [2.05, 4.69) is 16.9 Å². The van der Waals surface area contributed by atoms with Crippen molar-refractivity contribution in [3.05, 3.63) is 46.5 Å². The number of hydrogen-bond acceptors (Lipinski definition) is 6. The number of benzene rings is 1. The Morgan fingerprint density at radius 1 is 1.14 bits per heavy atom. The van der Waals surface area contributed by atoms with Crippen LogP contribution < -0.4 is 15.2 Å². The van der Waals surface area contributed by atoms with Crippen molar-refractivity contribution in [1.29, 1.82) is 0 Å². The first-order valence-electron chi connectivity index (χ1n) is 8.93. The topological polar surface area (TPSA) is 91.5 Å². The van der Waals surface area contributed by atoms with Gasteiger partial charge in [0.2, 0.25) is 0 Å². The summed E-state index contributed by atoms with van der Waals surface area (Å²) in [5.41, 5.74) is 1.40. The lowest BCUT2D eigenvalue weighted by Gasteiger charge is -2.10. The maximum Gasteiger partial charge on any atom is 0.338 e. The summed E-state index contributed by atoms with van der Waals surface area (Å²) in [6.07, 6.45) is 2.44. The number of aryl methyl sites for hydroxylation is 2. The molecular formula is C19H23N5O4. The van der Waals surface area contributed by atoms with Gasteiger partial charge in [0.1, 0.15) is 24.5 Å². The van der Waals surface area contributed by atoms with Gasteiger partial charge in [-0.1, -0.05) is 19.1 Å². The van der Waals surface area contributed by atoms with E-state index < -0.39 is 11.7 Å². The molecule has 0 spiro atoms. The number of hydrogen-bond donors (Lipinski definition) is 0. The van der Waals surface area contributed by atoms with Crippen molar-refractivity contribution >= 4 is 17.2 Å². The van der Waals surface area contributed by atoms with Crippen molar-refractivity contribution in [2.24, 2.45) is 7.05 Å². The Labute approximate surface area is 162 Å². The fraction of sp³-hybridized carbons (Fsp3) is 0.368. The fourth-order valence-electron chi connectivity index (χ4n) is 2.65. The van der Waals surface area contributed by atoms with Crippen LogP contribution in [0.4, 0.5) is 4.79 Å². The fourth-order valence-corrected chi connectivity index (χ4v) is 2.65. The molecule has 9 heteroatoms. The maximum absolute atomic E-state index is 12.4. The highest BCUT2D eigenvalue weighted by Gasteiger charge is 2.20. The van der Waals surface area contributed by atoms with Gasteiger partial charge in [0.15, 0.2) is 5.65 Å². The Bertz CT molecular complexity index is 1040. The summed E-state index contributed by atoms with van der Waals surface area (Å²) >= 11 is 0. The smallest absolute Gasteiger partial charge is 0.338 e. The molecule has 0 saturated carbocycles. The molecule has 148 valence electrons. The molecule has 1 aromatic carbocycles. The molecule has 0 atom stereocenters. The van der Waals surface area contributed by atoms with Gasteiger partial charge in [-0.3, -0.25) is 4.57 Å². The highest BCUT2D eigenvalue weighted by Crippen LogP contribution is 2.14. The van der Waals surface area contributed by atoms with E-state index in [-0.39, 0.29) is 18.3 Å². The molecule has 2 aromatic heterocycles. The molecule has 1 amide bonds. The number of carbonyl (C=O) groups excluding carboxylic acids is 1. The number of amides is 1. The molecule has 0 N–H and O–H groups in total. The first-order valence-corrected chi connectivity index (χ1v) is 8.93. The second kappa shape index (κ2) is 8.12. The van der Waals surface area contributed by atoms with Crippen molar-refractivity contribution in [1.82, 2.24) is 24.0 Å². The van der Waals surface area contributed by atoms with Gasteiger partial charge < -0.3 is 14.4 Å². The van der Waals surface area contributed by atoms with E-state index in [9.17, 15) is 9.59 Å². The number of aromatic nitrogens is 4. The summed E-state index contributed by atoms with van der Waals surface area (Å²) in [7, 11) is 4.69. The van der Waals surface area contributed by atoms with Gasteiger partial charge in [-0.05, 0) is 24.1 Å². The Morgan fingerprint density at radius 3 is 2.46 bits per heavy atom. The number of ether oxygens (including phenoxy) is 2. The highest BCUT2D eigenvalue weighted by atomic mass is 16.5. The lowest BCUT2D eigenvalue weighted by atomic mass is 10.2. The number of imidazole rings is 1. The first kappa shape index (κ1) is 19.4. The van der Waals surface area contributed by atoms with E-state index in [1.54, 1.807) is 21.1 Å². The number of fused-ring (bicyclic) bond motifs is 1. The van der Waals surface area contributed by atoms with Crippen LogP contribution in [0.5, 0.6) is 11.8 Å². The minimum atomic E-state index is -0.487. The van der Waals surface area contributed by atoms with Crippen molar-refractivity contribution in [2.45, 2.75) is 13.3 Å². The van der Waals surface area contributed by atoms with Gasteiger partial charge in [-0.2, -0.15) is 9.55 Å². The standard InChI is InChI=1S/C19H23N5O4/c1-5-13-6-8-14(9-7-13)27-10-11-28-17-20-12-15-16(21-17)24(18(25)22(2)3)19(26)23(15)4/h6-9,12H,5,10-11H2,1-4H3. The van der Waals surface area contributed by atoms with E-state index in [0.717, 1.165) is 16.7 Å². The van der Waals surface area contributed by atoms with Crippen LogP contribution in [0.25, 0.3) is 11.2 Å². The van der Waals surface area contributed by atoms with Crippen LogP contribution in [0.2, 0.25) is 0 Å². The molecule has 0 radical (unpaired) electrons. The molecule has 9 nitrogen and oxygen atoms in total. The number of nitrogens with zero attached hydrogens (tertiary/aromatic N) is 5. The number of rotatable bonds is 6. The molecule has 0 unspecified atom stereocenters. The maximum atomic E-state index is 12.4. The summed E-state index contributed by atoms with van der Waals surface area (Å²) in [4.78, 5) is 34.3. The lowest BCUT2D eigenvalue weighted by molar-refractivity contribution is 0.206. The van der Waals surface area contributed by atoms with Crippen molar-refractivity contribution in [2.75, 3.05) is 27.3 Å². The third-order valence-corrected chi connectivity index (χ3v) is 4.27. The summed E-state index contributed by atoms with van der Waals surface area (Å²) < 4.78 is 13.5. The third kappa shape index (κ3) is 3.83. The SMILES string of the molecule is CCc1ccc(OCCOc2ncc3c(n2)n(C(=O)N(C)C)c(=O)n3C)cc1. The van der Waals surface area contributed by atoms with Crippen LogP contribution in [-0.4, -0.2) is 57.3 Å². The second-order valence-corrected chi connectivity index (χ2v) is 6.41. The van der Waals surface area contributed by atoms with Gasteiger partial charge >= 0.3 is 17.7 Å². The van der Waals surface area contributed by atoms with Crippen molar-refractivity contribution in [3.8, 4) is 11.8 Å². The predicted octanol–water partition coefficient (Wildman–Crippen LogP) is 1.68. The molecule has 0 aliphatic rings. The minimum absolute atomic E-state index is 0.0725. The molecule has 0 fully saturated rings. The van der Waals surface area contributed by atoms with E-state index >= 15 is 0 Å². The molecule has 3 rings (SSSR count). The molecule has 0 aliphatic carbocycles. The van der Waals surface area contributed by atoms with Gasteiger partial charge in [0.05, 0.1) is 6.20 Å². The summed E-state index contributed by atoms with van der Waals surface area (Å²) in [6, 6.07) is 7.45. The second-order valence-electron chi connectivity index (χ2n) is 6.41. The first-order chi connectivity index (χ1) is 13.4. The van der Waals surface area contributed by atoms with Crippen LogP contribution in [-0.2, 0) is 13.5 Å². The summed E-state index contributed by atoms with van der Waals surface area (Å²) in [5, 5.41) is 0. The molecule has 0 aliphatic heterocycles. The zero-order chi connectivity index (χ0) is 20.3. The normalized spacial score (nSPS) is 10.9.